The minimum Gasteiger partial charge on any atom is -0.726 e. The Bertz CT molecular complexity index is 1580. The Kier molecular flexibility index (Phi) is 10.5. The van der Waals surface area contributed by atoms with Crippen molar-refractivity contribution in [3.05, 3.63) is 71.8 Å². The largest absolute Gasteiger partial charge is 0.726 e. The number of carbonyl (C=O) groups is 1. The Morgan fingerprint density at radius 1 is 1.00 bits per heavy atom. The van der Waals surface area contributed by atoms with Gasteiger partial charge in [-0.25, -0.2) is 8.42 Å². The third kappa shape index (κ3) is 8.39. The van der Waals surface area contributed by atoms with Gasteiger partial charge in [-0.15, -0.1) is 0 Å². The number of hydrogen-bond donors (Lipinski definition) is 0. The molecule has 1 aliphatic rings. The molecule has 0 saturated carbocycles. The molecule has 3 aromatic carbocycles. The molecule has 0 unspecified atom stereocenters. The number of rotatable bonds is 9. The van der Waals surface area contributed by atoms with Crippen LogP contribution in [0, 0.1) is 0 Å². The van der Waals surface area contributed by atoms with Crippen LogP contribution in [-0.2, 0) is 19.4 Å². The van der Waals surface area contributed by atoms with Gasteiger partial charge in [-0.1, -0.05) is 30.3 Å². The SMILES string of the molecule is CCN(CC[N+](C)(C)C)c1ccc(N2N=C(C)C(=Cc3ccc(N(C)C)c4ccccc34)C2=O)cc1.COS(=O)(=O)[O-]. The molecule has 1 heterocycles. The fraction of sp³-hybridized carbons (Fsp3) is 0.355. The lowest BCUT2D eigenvalue weighted by molar-refractivity contribution is -0.868. The van der Waals surface area contributed by atoms with Crippen LogP contribution in [0.1, 0.15) is 19.4 Å². The molecular weight excluding hydrogens is 554 g/mol. The summed E-state index contributed by atoms with van der Waals surface area (Å²) in [5.41, 5.74) is 5.46. The highest BCUT2D eigenvalue weighted by Gasteiger charge is 2.29. The van der Waals surface area contributed by atoms with Gasteiger partial charge in [0.25, 0.3) is 5.91 Å². The summed E-state index contributed by atoms with van der Waals surface area (Å²) in [7, 11) is 7.11. The Morgan fingerprint density at radius 2 is 1.60 bits per heavy atom. The Labute approximate surface area is 249 Å². The number of benzene rings is 3. The van der Waals surface area contributed by atoms with Crippen LogP contribution in [0.25, 0.3) is 16.8 Å². The van der Waals surface area contributed by atoms with E-state index in [-0.39, 0.29) is 5.91 Å². The van der Waals surface area contributed by atoms with Crippen LogP contribution >= 0.6 is 0 Å². The van der Waals surface area contributed by atoms with Gasteiger partial charge in [0.15, 0.2) is 0 Å². The van der Waals surface area contributed by atoms with Crippen molar-refractivity contribution < 1.29 is 26.4 Å². The van der Waals surface area contributed by atoms with E-state index in [2.05, 4.69) is 83.5 Å². The second-order valence-corrected chi connectivity index (χ2v) is 12.3. The predicted molar refractivity (Wildman–Crippen MR) is 171 cm³/mol. The van der Waals surface area contributed by atoms with Crippen LogP contribution in [0.5, 0.6) is 0 Å². The zero-order chi connectivity index (χ0) is 31.2. The molecule has 4 rings (SSSR count). The van der Waals surface area contributed by atoms with Gasteiger partial charge >= 0.3 is 0 Å². The number of amides is 1. The van der Waals surface area contributed by atoms with Crippen molar-refractivity contribution >= 4 is 55.9 Å². The summed E-state index contributed by atoms with van der Waals surface area (Å²) >= 11 is 0. The first-order valence-electron chi connectivity index (χ1n) is 13.6. The zero-order valence-electron chi connectivity index (χ0n) is 25.7. The van der Waals surface area contributed by atoms with Gasteiger partial charge in [-0.2, -0.15) is 10.1 Å². The van der Waals surface area contributed by atoms with E-state index in [0.29, 0.717) is 5.57 Å². The molecule has 3 aromatic rings. The van der Waals surface area contributed by atoms with Crippen molar-refractivity contribution in [2.75, 3.05) is 76.8 Å². The molecule has 0 radical (unpaired) electrons. The molecule has 42 heavy (non-hydrogen) atoms. The van der Waals surface area contributed by atoms with E-state index in [1.54, 1.807) is 0 Å². The highest BCUT2D eigenvalue weighted by Crippen LogP contribution is 2.32. The highest BCUT2D eigenvalue weighted by atomic mass is 32.3. The van der Waals surface area contributed by atoms with Crippen LogP contribution in [-0.4, -0.2) is 91.1 Å². The quantitative estimate of drug-likeness (QED) is 0.157. The number of hydrogen-bond acceptors (Lipinski definition) is 8. The van der Waals surface area contributed by atoms with E-state index in [4.69, 9.17) is 0 Å². The third-order valence-corrected chi connectivity index (χ3v) is 7.27. The molecule has 0 aromatic heterocycles. The lowest BCUT2D eigenvalue weighted by Crippen LogP contribution is -2.42. The molecule has 0 saturated heterocycles. The minimum atomic E-state index is -4.41. The number of hydrazone groups is 1. The molecule has 0 atom stereocenters. The Morgan fingerprint density at radius 3 is 2.12 bits per heavy atom. The van der Waals surface area contributed by atoms with E-state index >= 15 is 0 Å². The van der Waals surface area contributed by atoms with Crippen molar-refractivity contribution in [1.82, 2.24) is 0 Å². The smallest absolute Gasteiger partial charge is 0.280 e. The predicted octanol–water partition coefficient (Wildman–Crippen LogP) is 4.34. The minimum absolute atomic E-state index is 0.0987. The summed E-state index contributed by atoms with van der Waals surface area (Å²) < 4.78 is 31.9. The van der Waals surface area contributed by atoms with Crippen molar-refractivity contribution in [2.45, 2.75) is 13.8 Å². The topological polar surface area (TPSA) is 106 Å². The maximum Gasteiger partial charge on any atom is 0.280 e. The molecule has 1 amide bonds. The van der Waals surface area contributed by atoms with E-state index in [1.807, 2.05) is 51.4 Å². The molecule has 0 bridgehead atoms. The van der Waals surface area contributed by atoms with Crippen LogP contribution in [0.2, 0.25) is 0 Å². The summed E-state index contributed by atoms with van der Waals surface area (Å²) in [5, 5.41) is 8.41. The summed E-state index contributed by atoms with van der Waals surface area (Å²) in [4.78, 5) is 17.9. The van der Waals surface area contributed by atoms with E-state index in [0.717, 1.165) is 70.3 Å². The summed E-state index contributed by atoms with van der Waals surface area (Å²) in [6, 6.07) is 20.7. The van der Waals surface area contributed by atoms with E-state index in [1.165, 1.54) is 5.01 Å². The molecule has 10 nitrogen and oxygen atoms in total. The van der Waals surface area contributed by atoms with E-state index in [9.17, 15) is 17.8 Å². The van der Waals surface area contributed by atoms with Gasteiger partial charge in [0, 0.05) is 37.4 Å². The molecule has 0 fully saturated rings. The fourth-order valence-electron chi connectivity index (χ4n) is 4.53. The van der Waals surface area contributed by atoms with Crippen molar-refractivity contribution in [3.63, 3.8) is 0 Å². The number of fused-ring (bicyclic) bond motifs is 1. The monoisotopic (exact) mass is 595 g/mol. The molecule has 0 N–H and O–H groups in total. The first-order chi connectivity index (χ1) is 19.6. The van der Waals surface area contributed by atoms with Crippen molar-refractivity contribution in [2.24, 2.45) is 5.10 Å². The molecule has 226 valence electrons. The van der Waals surface area contributed by atoms with Gasteiger partial charge in [-0.05, 0) is 61.2 Å². The maximum atomic E-state index is 13.4. The molecular formula is C31H41N5O5S. The van der Waals surface area contributed by atoms with Crippen LogP contribution < -0.4 is 14.8 Å². The standard InChI is InChI=1S/C30H38N5O.CH4O4S/c1-8-33(19-20-35(5,6)7)24-14-16-25(17-15-24)34-30(36)28(22(2)31-34)21-23-13-18-29(32(3)4)27-12-10-9-11-26(23)27;1-5-6(2,3)4/h9-18,21H,8,19-20H2,1-7H3;1H3,(H,2,3,4)/q+1;/p-1. The lowest BCUT2D eigenvalue weighted by Gasteiger charge is -2.29. The van der Waals surface area contributed by atoms with Gasteiger partial charge in [0.2, 0.25) is 10.4 Å². The first-order valence-corrected chi connectivity index (χ1v) is 15.0. The zero-order valence-corrected chi connectivity index (χ0v) is 26.5. The Hall–Kier alpha value is -3.77. The molecule has 0 aliphatic carbocycles. The maximum absolute atomic E-state index is 13.4. The van der Waals surface area contributed by atoms with Crippen molar-refractivity contribution in [1.29, 1.82) is 0 Å². The Balaban J connectivity index is 0.000000730. The number of nitrogens with zero attached hydrogens (tertiary/aromatic N) is 5. The number of quaternary nitrogens is 1. The molecule has 0 spiro atoms. The van der Waals surface area contributed by atoms with Crippen LogP contribution in [0.15, 0.2) is 71.3 Å². The third-order valence-electron chi connectivity index (χ3n) is 6.87. The molecule has 1 aliphatic heterocycles. The summed E-state index contributed by atoms with van der Waals surface area (Å²) in [5.74, 6) is -0.0987. The van der Waals surface area contributed by atoms with Gasteiger partial charge in [0.05, 0.1) is 58.3 Å². The van der Waals surface area contributed by atoms with Crippen molar-refractivity contribution in [3.8, 4) is 0 Å². The second kappa shape index (κ2) is 13.5. The highest BCUT2D eigenvalue weighted by molar-refractivity contribution is 7.80. The van der Waals surface area contributed by atoms with Gasteiger partial charge < -0.3 is 18.8 Å². The number of carbonyl (C=O) groups excluding carboxylic acids is 1. The average Bonchev–Trinajstić information content (AvgIpc) is 3.21. The molecule has 11 heteroatoms. The van der Waals surface area contributed by atoms with E-state index < -0.39 is 10.4 Å². The van der Waals surface area contributed by atoms with Gasteiger partial charge in [0.1, 0.15) is 0 Å². The van der Waals surface area contributed by atoms with Crippen LogP contribution in [0.3, 0.4) is 0 Å². The summed E-state index contributed by atoms with van der Waals surface area (Å²) in [6.07, 6.45) is 1.97. The summed E-state index contributed by atoms with van der Waals surface area (Å²) in [6.45, 7) is 7.05. The second-order valence-electron chi connectivity index (χ2n) is 11.2. The normalized spacial score (nSPS) is 14.6. The van der Waals surface area contributed by atoms with Gasteiger partial charge in [-0.3, -0.25) is 8.98 Å². The average molecular weight is 596 g/mol. The number of likely N-dealkylation sites (N-methyl/N-ethyl adjacent to an activating group) is 2. The first kappa shape index (κ1) is 32.7. The van der Waals surface area contributed by atoms with Crippen LogP contribution in [0.4, 0.5) is 17.1 Å². The fourth-order valence-corrected chi connectivity index (χ4v) is 4.53. The lowest BCUT2D eigenvalue weighted by atomic mass is 9.99. The number of anilines is 3.